The molecular weight excluding hydrogens is 514 g/mol. The van der Waals surface area contributed by atoms with Gasteiger partial charge in [0.05, 0.1) is 17.7 Å². The number of hydrogen-bond acceptors (Lipinski definition) is 8. The standard InChI is InChI=1S/C29H39N5O4S/c1-5-18-14-34(25-24(35)15-38-26(18)25)28(37)22(12-17(2)3)21-13-19(6-7-20(21)27(30)36)23-16-39-29(31-23)33-10-8-32(4)9-11-33/h6-7,13,16-18,22,25-26H,5,8-12,14-15H2,1-4H3,(H2,30,36)/t18-,22-,25+,26+/m0/s1. The van der Waals surface area contributed by atoms with Crippen LogP contribution in [0.5, 0.6) is 0 Å². The monoisotopic (exact) mass is 553 g/mol. The number of carbonyl (C=O) groups excluding carboxylic acids is 3. The van der Waals surface area contributed by atoms with Gasteiger partial charge < -0.3 is 25.2 Å². The van der Waals surface area contributed by atoms with Crippen LogP contribution in [0.25, 0.3) is 11.3 Å². The quantitative estimate of drug-likeness (QED) is 0.535. The van der Waals surface area contributed by atoms with E-state index in [0.717, 1.165) is 49.0 Å². The molecule has 0 saturated carbocycles. The van der Waals surface area contributed by atoms with Crippen LogP contribution in [-0.4, -0.2) is 90.9 Å². The maximum atomic E-state index is 14.2. The molecule has 4 atom stereocenters. The van der Waals surface area contributed by atoms with E-state index in [1.54, 1.807) is 22.3 Å². The van der Waals surface area contributed by atoms with E-state index in [4.69, 9.17) is 15.5 Å². The maximum Gasteiger partial charge on any atom is 0.249 e. The van der Waals surface area contributed by atoms with Gasteiger partial charge >= 0.3 is 0 Å². The molecule has 3 aliphatic rings. The minimum atomic E-state index is -0.604. The van der Waals surface area contributed by atoms with Crippen molar-refractivity contribution in [3.63, 3.8) is 0 Å². The predicted molar refractivity (Wildman–Crippen MR) is 152 cm³/mol. The highest BCUT2D eigenvalue weighted by molar-refractivity contribution is 7.14. The van der Waals surface area contributed by atoms with Crippen LogP contribution >= 0.6 is 11.3 Å². The number of nitrogens with zero attached hydrogens (tertiary/aromatic N) is 4. The molecule has 2 aromatic rings. The fraction of sp³-hybridized carbons (Fsp3) is 0.586. The Balaban J connectivity index is 1.50. The average Bonchev–Trinajstić information content (AvgIpc) is 3.64. The van der Waals surface area contributed by atoms with Gasteiger partial charge in [-0.2, -0.15) is 0 Å². The summed E-state index contributed by atoms with van der Waals surface area (Å²) in [7, 11) is 2.13. The maximum absolute atomic E-state index is 14.2. The zero-order valence-electron chi connectivity index (χ0n) is 23.3. The van der Waals surface area contributed by atoms with Crippen molar-refractivity contribution in [2.24, 2.45) is 17.6 Å². The molecule has 1 aromatic heterocycles. The Bertz CT molecular complexity index is 1240. The second kappa shape index (κ2) is 11.3. The highest BCUT2D eigenvalue weighted by atomic mass is 32.1. The first-order valence-corrected chi connectivity index (χ1v) is 14.8. The van der Waals surface area contributed by atoms with Crippen LogP contribution < -0.4 is 10.6 Å². The normalized spacial score (nSPS) is 24.4. The summed E-state index contributed by atoms with van der Waals surface area (Å²) in [6.45, 7) is 10.6. The third-order valence-electron chi connectivity index (χ3n) is 8.36. The first kappa shape index (κ1) is 27.7. The Morgan fingerprint density at radius 2 is 1.95 bits per heavy atom. The lowest BCUT2D eigenvalue weighted by Crippen LogP contribution is -2.44. The molecule has 0 bridgehead atoms. The van der Waals surface area contributed by atoms with E-state index in [0.29, 0.717) is 24.1 Å². The van der Waals surface area contributed by atoms with Gasteiger partial charge in [0.1, 0.15) is 12.6 Å². The molecular formula is C29H39N5O4S. The van der Waals surface area contributed by atoms with Gasteiger partial charge in [-0.25, -0.2) is 4.98 Å². The van der Waals surface area contributed by atoms with E-state index in [1.807, 2.05) is 17.5 Å². The number of likely N-dealkylation sites (N-methyl/N-ethyl adjacent to an activating group) is 1. The molecule has 4 heterocycles. The minimum absolute atomic E-state index is 0.0459. The van der Waals surface area contributed by atoms with Gasteiger partial charge in [-0.15, -0.1) is 11.3 Å². The van der Waals surface area contributed by atoms with Crippen LogP contribution in [0.1, 0.15) is 55.5 Å². The molecule has 39 heavy (non-hydrogen) atoms. The molecule has 3 aliphatic heterocycles. The molecule has 10 heteroatoms. The molecule has 3 saturated heterocycles. The number of nitrogens with two attached hydrogens (primary N) is 1. The number of benzene rings is 1. The number of Topliss-reactive ketones (excluding diaryl/α,β-unsaturated/α-hetero) is 1. The Hall–Kier alpha value is -2.82. The number of hydrogen-bond donors (Lipinski definition) is 1. The molecule has 0 radical (unpaired) electrons. The second-order valence-corrected chi connectivity index (χ2v) is 12.3. The Labute approximate surface area is 234 Å². The Kier molecular flexibility index (Phi) is 8.07. The topological polar surface area (TPSA) is 109 Å². The fourth-order valence-corrected chi connectivity index (χ4v) is 7.04. The van der Waals surface area contributed by atoms with Crippen LogP contribution in [0.4, 0.5) is 5.13 Å². The van der Waals surface area contributed by atoms with Crippen molar-refractivity contribution >= 4 is 34.1 Å². The van der Waals surface area contributed by atoms with Crippen molar-refractivity contribution in [3.8, 4) is 11.3 Å². The third kappa shape index (κ3) is 5.47. The van der Waals surface area contributed by atoms with E-state index in [1.165, 1.54) is 0 Å². The van der Waals surface area contributed by atoms with Crippen LogP contribution in [0.2, 0.25) is 0 Å². The summed E-state index contributed by atoms with van der Waals surface area (Å²) in [5.41, 5.74) is 8.43. The predicted octanol–water partition coefficient (Wildman–Crippen LogP) is 3.00. The summed E-state index contributed by atoms with van der Waals surface area (Å²) >= 11 is 1.61. The molecule has 2 amide bonds. The number of anilines is 1. The SMILES string of the molecule is CC[C@H]1CN(C(=O)[C@@H](CC(C)C)c2cc(-c3csc(N4CCN(C)CC4)n3)ccc2C(N)=O)[C@@H]2C(=O)CO[C@H]12. The largest absolute Gasteiger partial charge is 0.367 e. The smallest absolute Gasteiger partial charge is 0.249 e. The molecule has 3 fully saturated rings. The summed E-state index contributed by atoms with van der Waals surface area (Å²) in [6, 6.07) is 4.93. The summed E-state index contributed by atoms with van der Waals surface area (Å²) in [5.74, 6) is -1.05. The molecule has 210 valence electrons. The van der Waals surface area contributed by atoms with Crippen LogP contribution in [-0.2, 0) is 14.3 Å². The van der Waals surface area contributed by atoms with Gasteiger partial charge in [0.2, 0.25) is 11.8 Å². The van der Waals surface area contributed by atoms with Gasteiger partial charge in [0, 0.05) is 55.1 Å². The van der Waals surface area contributed by atoms with Crippen LogP contribution in [0.15, 0.2) is 23.6 Å². The molecule has 1 aromatic carbocycles. The van der Waals surface area contributed by atoms with E-state index >= 15 is 0 Å². The van der Waals surface area contributed by atoms with Crippen molar-refractivity contribution in [3.05, 3.63) is 34.7 Å². The summed E-state index contributed by atoms with van der Waals surface area (Å²) in [6.07, 6.45) is 1.11. The zero-order chi connectivity index (χ0) is 27.8. The molecule has 9 nitrogen and oxygen atoms in total. The van der Waals surface area contributed by atoms with E-state index < -0.39 is 17.9 Å². The minimum Gasteiger partial charge on any atom is -0.367 e. The van der Waals surface area contributed by atoms with Crippen molar-refractivity contribution in [1.29, 1.82) is 0 Å². The number of piperazine rings is 1. The summed E-state index contributed by atoms with van der Waals surface area (Å²) < 4.78 is 5.81. The molecule has 2 N–H and O–H groups in total. The number of likely N-dealkylation sites (tertiary alicyclic amines) is 1. The van der Waals surface area contributed by atoms with Gasteiger partial charge in [0.25, 0.3) is 0 Å². The number of rotatable bonds is 8. The zero-order valence-corrected chi connectivity index (χ0v) is 24.1. The van der Waals surface area contributed by atoms with E-state index in [2.05, 4.69) is 37.6 Å². The molecule has 5 rings (SSSR count). The highest BCUT2D eigenvalue weighted by Crippen LogP contribution is 2.39. The number of carbonyl (C=O) groups is 3. The van der Waals surface area contributed by atoms with Gasteiger partial charge in [-0.05, 0) is 43.5 Å². The van der Waals surface area contributed by atoms with E-state index in [9.17, 15) is 14.4 Å². The molecule has 0 unspecified atom stereocenters. The number of primary amides is 1. The summed E-state index contributed by atoms with van der Waals surface area (Å²) in [4.78, 5) is 50.8. The average molecular weight is 554 g/mol. The number of ether oxygens (including phenoxy) is 1. The lowest BCUT2D eigenvalue weighted by Gasteiger charge is -2.32. The van der Waals surface area contributed by atoms with Gasteiger partial charge in [-0.1, -0.05) is 26.8 Å². The van der Waals surface area contributed by atoms with Crippen molar-refractivity contribution in [2.45, 2.75) is 51.7 Å². The molecule has 0 aliphatic carbocycles. The second-order valence-electron chi connectivity index (χ2n) is 11.5. The molecule has 0 spiro atoms. The highest BCUT2D eigenvalue weighted by Gasteiger charge is 2.52. The van der Waals surface area contributed by atoms with Crippen LogP contribution in [0, 0.1) is 11.8 Å². The number of thiazole rings is 1. The number of aromatic nitrogens is 1. The third-order valence-corrected chi connectivity index (χ3v) is 9.26. The number of fused-ring (bicyclic) bond motifs is 1. The Morgan fingerprint density at radius 1 is 1.21 bits per heavy atom. The van der Waals surface area contributed by atoms with Crippen molar-refractivity contribution in [1.82, 2.24) is 14.8 Å². The lowest BCUT2D eigenvalue weighted by molar-refractivity contribution is -0.138. The van der Waals surface area contributed by atoms with Crippen LogP contribution in [0.3, 0.4) is 0 Å². The number of amides is 2. The first-order valence-electron chi connectivity index (χ1n) is 14.0. The lowest BCUT2D eigenvalue weighted by atomic mass is 9.84. The van der Waals surface area contributed by atoms with Crippen molar-refractivity contribution in [2.75, 3.05) is 51.3 Å². The Morgan fingerprint density at radius 3 is 2.62 bits per heavy atom. The first-order chi connectivity index (χ1) is 18.7. The summed E-state index contributed by atoms with van der Waals surface area (Å²) in [5, 5.41) is 3.00. The number of ketones is 1. The van der Waals surface area contributed by atoms with Gasteiger partial charge in [-0.3, -0.25) is 14.4 Å². The van der Waals surface area contributed by atoms with Gasteiger partial charge in [0.15, 0.2) is 10.9 Å². The van der Waals surface area contributed by atoms with E-state index in [-0.39, 0.29) is 36.2 Å². The fourth-order valence-electron chi connectivity index (χ4n) is 6.15. The van der Waals surface area contributed by atoms with Crippen molar-refractivity contribution < 1.29 is 19.1 Å².